The van der Waals surface area contributed by atoms with Crippen molar-refractivity contribution in [2.24, 2.45) is 0 Å². The van der Waals surface area contributed by atoms with Crippen LogP contribution in [0.2, 0.25) is 0 Å². The first-order valence-electron chi connectivity index (χ1n) is 9.62. The van der Waals surface area contributed by atoms with E-state index >= 15 is 0 Å². The molecule has 7 nitrogen and oxygen atoms in total. The Labute approximate surface area is 179 Å². The summed E-state index contributed by atoms with van der Waals surface area (Å²) in [5, 5.41) is 21.1. The van der Waals surface area contributed by atoms with Crippen LogP contribution in [-0.2, 0) is 16.1 Å². The lowest BCUT2D eigenvalue weighted by Crippen LogP contribution is -2.08. The quantitative estimate of drug-likeness (QED) is 0.182. The highest BCUT2D eigenvalue weighted by Gasteiger charge is 2.18. The molecule has 0 heterocycles. The van der Waals surface area contributed by atoms with Gasteiger partial charge in [-0.25, -0.2) is 4.79 Å². The lowest BCUT2D eigenvalue weighted by atomic mass is 10.0. The predicted molar refractivity (Wildman–Crippen MR) is 116 cm³/mol. The van der Waals surface area contributed by atoms with Gasteiger partial charge in [-0.1, -0.05) is 48.5 Å². The molecule has 0 aromatic heterocycles. The van der Waals surface area contributed by atoms with Crippen molar-refractivity contribution in [3.8, 4) is 11.5 Å². The molecule has 0 aliphatic heterocycles. The van der Waals surface area contributed by atoms with Gasteiger partial charge in [0, 0.05) is 6.07 Å². The minimum Gasteiger partial charge on any atom is -0.504 e. The Hall–Kier alpha value is -4.13. The van der Waals surface area contributed by atoms with Crippen molar-refractivity contribution in [1.29, 1.82) is 0 Å². The van der Waals surface area contributed by atoms with Crippen molar-refractivity contribution < 1.29 is 24.3 Å². The van der Waals surface area contributed by atoms with E-state index in [1.54, 1.807) is 67.6 Å². The van der Waals surface area contributed by atoms with E-state index in [1.807, 2.05) is 6.07 Å². The van der Waals surface area contributed by atoms with Crippen LogP contribution in [0.25, 0.3) is 11.6 Å². The predicted octanol–water partition coefficient (Wildman–Crippen LogP) is 4.98. The number of hydrogen-bond donors (Lipinski definition) is 1. The molecule has 1 N–H and O–H groups in total. The Kier molecular flexibility index (Phi) is 7.01. The molecule has 0 bridgehead atoms. The van der Waals surface area contributed by atoms with Gasteiger partial charge in [0.15, 0.2) is 11.5 Å². The number of nitrogens with zero attached hydrogens (tertiary/aromatic N) is 1. The number of carbonyl (C=O) groups is 1. The Morgan fingerprint density at radius 3 is 2.48 bits per heavy atom. The number of esters is 1. The molecule has 0 aliphatic rings. The SMILES string of the molecule is CCOc1cc(/C=C(/C(=O)OCc2ccccc2[N+](=O)[O-])c2ccccc2)ccc1O. The number of benzene rings is 3. The van der Waals surface area contributed by atoms with E-state index in [9.17, 15) is 20.0 Å². The van der Waals surface area contributed by atoms with Crippen LogP contribution >= 0.6 is 0 Å². The highest BCUT2D eigenvalue weighted by molar-refractivity contribution is 6.21. The summed E-state index contributed by atoms with van der Waals surface area (Å²) in [6, 6.07) is 19.8. The fourth-order valence-electron chi connectivity index (χ4n) is 2.97. The summed E-state index contributed by atoms with van der Waals surface area (Å²) in [6.45, 7) is 1.95. The monoisotopic (exact) mass is 419 g/mol. The van der Waals surface area contributed by atoms with Gasteiger partial charge >= 0.3 is 5.97 Å². The van der Waals surface area contributed by atoms with Crippen LogP contribution in [0.3, 0.4) is 0 Å². The van der Waals surface area contributed by atoms with Gasteiger partial charge in [0.2, 0.25) is 0 Å². The molecule has 0 spiro atoms. The topological polar surface area (TPSA) is 98.9 Å². The van der Waals surface area contributed by atoms with E-state index < -0.39 is 10.9 Å². The maximum Gasteiger partial charge on any atom is 0.339 e. The molecule has 0 saturated carbocycles. The summed E-state index contributed by atoms with van der Waals surface area (Å²) in [7, 11) is 0. The number of phenols is 1. The second-order valence-corrected chi connectivity index (χ2v) is 6.55. The molecule has 0 atom stereocenters. The smallest absolute Gasteiger partial charge is 0.339 e. The van der Waals surface area contributed by atoms with E-state index in [1.165, 1.54) is 12.1 Å². The largest absolute Gasteiger partial charge is 0.504 e. The number of nitro benzene ring substituents is 1. The highest BCUT2D eigenvalue weighted by atomic mass is 16.6. The number of carbonyl (C=O) groups excluding carboxylic acids is 1. The number of para-hydroxylation sites is 1. The third-order valence-electron chi connectivity index (χ3n) is 4.45. The summed E-state index contributed by atoms with van der Waals surface area (Å²) in [6.07, 6.45) is 1.62. The van der Waals surface area contributed by atoms with Crippen LogP contribution in [0.15, 0.2) is 72.8 Å². The zero-order chi connectivity index (χ0) is 22.2. The fourth-order valence-corrected chi connectivity index (χ4v) is 2.97. The summed E-state index contributed by atoms with van der Waals surface area (Å²) >= 11 is 0. The molecule has 0 fully saturated rings. The number of nitro groups is 1. The maximum absolute atomic E-state index is 12.9. The summed E-state index contributed by atoms with van der Waals surface area (Å²) < 4.78 is 10.8. The van der Waals surface area contributed by atoms with Crippen molar-refractivity contribution >= 4 is 23.3 Å². The standard InChI is InChI=1S/C24H21NO6/c1-2-30-23-15-17(12-13-22(23)26)14-20(18-8-4-3-5-9-18)24(27)31-16-19-10-6-7-11-21(19)25(28)29/h3-15,26H,2,16H2,1H3/b20-14+. The van der Waals surface area contributed by atoms with Gasteiger partial charge in [0.25, 0.3) is 5.69 Å². The van der Waals surface area contributed by atoms with Gasteiger partial charge in [-0.2, -0.15) is 0 Å². The molecule has 0 amide bonds. The minimum absolute atomic E-state index is 0.000718. The number of rotatable bonds is 8. The van der Waals surface area contributed by atoms with E-state index in [-0.39, 0.29) is 23.6 Å². The molecule has 0 radical (unpaired) electrons. The normalized spacial score (nSPS) is 11.1. The molecule has 3 aromatic rings. The second kappa shape index (κ2) is 10.1. The van der Waals surface area contributed by atoms with E-state index in [4.69, 9.17) is 9.47 Å². The molecule has 7 heteroatoms. The molecule has 0 unspecified atom stereocenters. The zero-order valence-electron chi connectivity index (χ0n) is 16.9. The lowest BCUT2D eigenvalue weighted by molar-refractivity contribution is -0.385. The van der Waals surface area contributed by atoms with Crippen LogP contribution in [0.5, 0.6) is 11.5 Å². The zero-order valence-corrected chi connectivity index (χ0v) is 16.9. The van der Waals surface area contributed by atoms with Gasteiger partial charge in [0.05, 0.1) is 22.7 Å². The third-order valence-corrected chi connectivity index (χ3v) is 4.45. The first-order chi connectivity index (χ1) is 15.0. The summed E-state index contributed by atoms with van der Waals surface area (Å²) in [4.78, 5) is 23.6. The van der Waals surface area contributed by atoms with Crippen LogP contribution in [0.1, 0.15) is 23.6 Å². The van der Waals surface area contributed by atoms with Gasteiger partial charge in [-0.05, 0) is 42.3 Å². The van der Waals surface area contributed by atoms with Gasteiger partial charge in [-0.15, -0.1) is 0 Å². The van der Waals surface area contributed by atoms with Gasteiger partial charge in [-0.3, -0.25) is 10.1 Å². The highest BCUT2D eigenvalue weighted by Crippen LogP contribution is 2.29. The van der Waals surface area contributed by atoms with Crippen LogP contribution < -0.4 is 4.74 Å². The van der Waals surface area contributed by atoms with Crippen molar-refractivity contribution in [2.75, 3.05) is 6.61 Å². The van der Waals surface area contributed by atoms with Crippen LogP contribution in [0, 0.1) is 10.1 Å². The summed E-state index contributed by atoms with van der Waals surface area (Å²) in [5.41, 5.74) is 1.72. The second-order valence-electron chi connectivity index (χ2n) is 6.55. The van der Waals surface area contributed by atoms with Crippen molar-refractivity contribution in [3.63, 3.8) is 0 Å². The van der Waals surface area contributed by atoms with Crippen LogP contribution in [-0.4, -0.2) is 22.6 Å². The maximum atomic E-state index is 12.9. The number of phenolic OH excluding ortho intramolecular Hbond substituents is 1. The average Bonchev–Trinajstić information content (AvgIpc) is 2.78. The van der Waals surface area contributed by atoms with E-state index in [0.717, 1.165) is 0 Å². The average molecular weight is 419 g/mol. The number of ether oxygens (including phenoxy) is 2. The fraction of sp³-hybridized carbons (Fsp3) is 0.125. The third kappa shape index (κ3) is 5.48. The molecule has 3 rings (SSSR count). The summed E-state index contributed by atoms with van der Waals surface area (Å²) in [5.74, 6) is -0.327. The van der Waals surface area contributed by atoms with Gasteiger partial charge in [0.1, 0.15) is 6.61 Å². The molecule has 0 saturated heterocycles. The Morgan fingerprint density at radius 2 is 1.77 bits per heavy atom. The van der Waals surface area contributed by atoms with E-state index in [2.05, 4.69) is 0 Å². The van der Waals surface area contributed by atoms with Crippen molar-refractivity contribution in [1.82, 2.24) is 0 Å². The lowest BCUT2D eigenvalue weighted by Gasteiger charge is -2.11. The van der Waals surface area contributed by atoms with Crippen LogP contribution in [0.4, 0.5) is 5.69 Å². The van der Waals surface area contributed by atoms with Gasteiger partial charge < -0.3 is 14.6 Å². The first kappa shape index (κ1) is 21.6. The number of aromatic hydroxyl groups is 1. The molecule has 3 aromatic carbocycles. The Balaban J connectivity index is 1.92. The Morgan fingerprint density at radius 1 is 1.06 bits per heavy atom. The first-order valence-corrected chi connectivity index (χ1v) is 9.62. The number of hydrogen-bond acceptors (Lipinski definition) is 6. The molecule has 31 heavy (non-hydrogen) atoms. The Bertz CT molecular complexity index is 1110. The van der Waals surface area contributed by atoms with Crippen molar-refractivity contribution in [2.45, 2.75) is 13.5 Å². The molecular weight excluding hydrogens is 398 g/mol. The van der Waals surface area contributed by atoms with E-state index in [0.29, 0.717) is 29.0 Å². The van der Waals surface area contributed by atoms with Crippen molar-refractivity contribution in [3.05, 3.63) is 99.6 Å². The molecule has 158 valence electrons. The molecular formula is C24H21NO6. The minimum atomic E-state index is -0.629. The molecule has 0 aliphatic carbocycles.